The molecule has 2 amide bonds. The third-order valence-electron chi connectivity index (χ3n) is 6.77. The maximum Gasteiger partial charge on any atom is 0.494 e. The smallest absolute Gasteiger partial charge is 0.494 e. The van der Waals surface area contributed by atoms with E-state index in [1.807, 2.05) is 78.5 Å². The molecule has 0 saturated carbocycles. The van der Waals surface area contributed by atoms with Gasteiger partial charge >= 0.3 is 13.2 Å². The summed E-state index contributed by atoms with van der Waals surface area (Å²) in [6, 6.07) is 5.58. The molecule has 1 aromatic rings. The van der Waals surface area contributed by atoms with E-state index in [0.29, 0.717) is 25.4 Å². The summed E-state index contributed by atoms with van der Waals surface area (Å²) < 4.78 is 23.4. The fourth-order valence-electron chi connectivity index (χ4n) is 4.15. The van der Waals surface area contributed by atoms with E-state index >= 15 is 0 Å². The molecule has 1 aromatic carbocycles. The topological polar surface area (TPSA) is 77.5 Å². The molecule has 0 spiro atoms. The summed E-state index contributed by atoms with van der Waals surface area (Å²) in [6.45, 7) is 16.9. The molecule has 188 valence electrons. The van der Waals surface area contributed by atoms with Crippen molar-refractivity contribution in [3.8, 4) is 5.75 Å². The van der Waals surface area contributed by atoms with Gasteiger partial charge in [-0.25, -0.2) is 4.79 Å². The Morgan fingerprint density at radius 2 is 1.74 bits per heavy atom. The molecule has 34 heavy (non-hydrogen) atoms. The molecule has 9 heteroatoms. The lowest BCUT2D eigenvalue weighted by Gasteiger charge is -2.40. The highest BCUT2D eigenvalue weighted by Gasteiger charge is 2.51. The lowest BCUT2D eigenvalue weighted by atomic mass is 9.78. The van der Waals surface area contributed by atoms with Crippen molar-refractivity contribution < 1.29 is 28.4 Å². The number of hydrogen-bond donors (Lipinski definition) is 0. The highest BCUT2D eigenvalue weighted by molar-refractivity contribution is 6.62. The largest absolute Gasteiger partial charge is 0.496 e. The van der Waals surface area contributed by atoms with E-state index in [0.717, 1.165) is 11.0 Å². The van der Waals surface area contributed by atoms with Gasteiger partial charge in [0.15, 0.2) is 0 Å². The van der Waals surface area contributed by atoms with Crippen molar-refractivity contribution in [2.75, 3.05) is 26.7 Å². The third-order valence-corrected chi connectivity index (χ3v) is 6.77. The van der Waals surface area contributed by atoms with E-state index in [4.69, 9.17) is 18.8 Å². The molecule has 2 fully saturated rings. The molecule has 2 aliphatic heterocycles. The molecule has 1 atom stereocenters. The molecule has 0 aromatic heterocycles. The van der Waals surface area contributed by atoms with Crippen LogP contribution in [0.3, 0.4) is 0 Å². The van der Waals surface area contributed by atoms with Crippen LogP contribution in [0, 0.1) is 0 Å². The summed E-state index contributed by atoms with van der Waals surface area (Å²) in [5.41, 5.74) is 0.186. The van der Waals surface area contributed by atoms with Crippen LogP contribution < -0.4 is 10.2 Å². The second kappa shape index (κ2) is 9.42. The van der Waals surface area contributed by atoms with Gasteiger partial charge in [-0.1, -0.05) is 12.1 Å². The van der Waals surface area contributed by atoms with E-state index in [1.165, 1.54) is 0 Å². The Bertz CT molecular complexity index is 910. The van der Waals surface area contributed by atoms with Gasteiger partial charge in [-0.3, -0.25) is 4.79 Å². The zero-order valence-corrected chi connectivity index (χ0v) is 22.1. The molecule has 0 N–H and O–H groups in total. The van der Waals surface area contributed by atoms with Gasteiger partial charge in [0.2, 0.25) is 5.91 Å². The zero-order valence-electron chi connectivity index (χ0n) is 22.1. The van der Waals surface area contributed by atoms with Crippen LogP contribution in [0.5, 0.6) is 5.75 Å². The van der Waals surface area contributed by atoms with E-state index in [2.05, 4.69) is 0 Å². The summed E-state index contributed by atoms with van der Waals surface area (Å²) in [7, 11) is 1.08. The van der Waals surface area contributed by atoms with Crippen molar-refractivity contribution in [1.82, 2.24) is 9.80 Å². The molecule has 0 unspecified atom stereocenters. The molecule has 2 saturated heterocycles. The van der Waals surface area contributed by atoms with Gasteiger partial charge in [0.25, 0.3) is 0 Å². The SMILES string of the molecule is COc1ccc(B2OC(C)(C)C(C)(C)O2)cc1CC(=O)N1CCN(C(=O)OC(C)(C)C)C[C@H]1C. The van der Waals surface area contributed by atoms with Crippen LogP contribution in [0.4, 0.5) is 4.79 Å². The first-order chi connectivity index (χ1) is 15.6. The third kappa shape index (κ3) is 5.69. The first-order valence-electron chi connectivity index (χ1n) is 11.9. The van der Waals surface area contributed by atoms with E-state index in [9.17, 15) is 9.59 Å². The molecule has 0 aliphatic carbocycles. The summed E-state index contributed by atoms with van der Waals surface area (Å²) in [4.78, 5) is 29.2. The van der Waals surface area contributed by atoms with Crippen LogP contribution in [0.1, 0.15) is 61.0 Å². The first-order valence-corrected chi connectivity index (χ1v) is 11.9. The Morgan fingerprint density at radius 1 is 1.12 bits per heavy atom. The maximum atomic E-state index is 13.3. The zero-order chi connectivity index (χ0) is 25.5. The van der Waals surface area contributed by atoms with Crippen molar-refractivity contribution in [2.24, 2.45) is 0 Å². The molecule has 0 radical (unpaired) electrons. The fraction of sp³-hybridized carbons (Fsp3) is 0.680. The van der Waals surface area contributed by atoms with Gasteiger partial charge < -0.3 is 28.6 Å². The lowest BCUT2D eigenvalue weighted by Crippen LogP contribution is -2.56. The lowest BCUT2D eigenvalue weighted by molar-refractivity contribution is -0.134. The number of piperazine rings is 1. The normalized spacial score (nSPS) is 22.0. The quantitative estimate of drug-likeness (QED) is 0.625. The molecule has 2 aliphatic rings. The number of benzene rings is 1. The molecular weight excluding hydrogens is 435 g/mol. The minimum Gasteiger partial charge on any atom is -0.496 e. The molecule has 3 rings (SSSR count). The fourth-order valence-corrected chi connectivity index (χ4v) is 4.15. The number of carbonyl (C=O) groups is 2. The number of hydrogen-bond acceptors (Lipinski definition) is 6. The van der Waals surface area contributed by atoms with Gasteiger partial charge in [0.05, 0.1) is 24.7 Å². The Labute approximate surface area is 204 Å². The minimum absolute atomic E-state index is 0.0132. The number of amides is 2. The Balaban J connectivity index is 1.70. The number of rotatable bonds is 4. The van der Waals surface area contributed by atoms with Gasteiger partial charge in [0, 0.05) is 31.2 Å². The predicted octanol–water partition coefficient (Wildman–Crippen LogP) is 3.00. The Morgan fingerprint density at radius 3 is 2.26 bits per heavy atom. The van der Waals surface area contributed by atoms with E-state index in [-0.39, 0.29) is 24.5 Å². The van der Waals surface area contributed by atoms with Gasteiger partial charge in [-0.2, -0.15) is 0 Å². The van der Waals surface area contributed by atoms with Crippen molar-refractivity contribution >= 4 is 24.6 Å². The highest BCUT2D eigenvalue weighted by atomic mass is 16.7. The van der Waals surface area contributed by atoms with Crippen LogP contribution in [0.25, 0.3) is 0 Å². The minimum atomic E-state index is -0.550. The highest BCUT2D eigenvalue weighted by Crippen LogP contribution is 2.36. The Kier molecular flexibility index (Phi) is 7.30. The predicted molar refractivity (Wildman–Crippen MR) is 131 cm³/mol. The van der Waals surface area contributed by atoms with Crippen molar-refractivity contribution in [2.45, 2.75) is 84.7 Å². The second-order valence-electron chi connectivity index (χ2n) is 11.2. The summed E-state index contributed by atoms with van der Waals surface area (Å²) in [6.07, 6.45) is -0.156. The van der Waals surface area contributed by atoms with Crippen molar-refractivity contribution in [3.63, 3.8) is 0 Å². The van der Waals surface area contributed by atoms with E-state index < -0.39 is 23.9 Å². The van der Waals surface area contributed by atoms with E-state index in [1.54, 1.807) is 12.0 Å². The monoisotopic (exact) mass is 474 g/mol. The maximum absolute atomic E-state index is 13.3. The standard InChI is InChI=1S/C25H39BN2O6/c1-17-16-27(22(30)32-23(2,3)4)12-13-28(17)21(29)15-18-14-19(10-11-20(18)31-9)26-33-24(5,6)25(7,8)34-26/h10-11,14,17H,12-13,15-16H2,1-9H3/t17-/m1/s1. The summed E-state index contributed by atoms with van der Waals surface area (Å²) >= 11 is 0. The summed E-state index contributed by atoms with van der Waals surface area (Å²) in [5, 5.41) is 0. The second-order valence-corrected chi connectivity index (χ2v) is 11.2. The molecular formula is C25H39BN2O6. The molecule has 8 nitrogen and oxygen atoms in total. The van der Waals surface area contributed by atoms with Gasteiger partial charge in [-0.05, 0) is 66.9 Å². The van der Waals surface area contributed by atoms with Crippen LogP contribution in [-0.2, 0) is 25.3 Å². The Hall–Kier alpha value is -2.26. The summed E-state index contributed by atoms with van der Waals surface area (Å²) in [5.74, 6) is 0.634. The van der Waals surface area contributed by atoms with Crippen LogP contribution >= 0.6 is 0 Å². The van der Waals surface area contributed by atoms with Crippen molar-refractivity contribution in [3.05, 3.63) is 23.8 Å². The number of carbonyl (C=O) groups excluding carboxylic acids is 2. The van der Waals surface area contributed by atoms with Crippen molar-refractivity contribution in [1.29, 1.82) is 0 Å². The van der Waals surface area contributed by atoms with Gasteiger partial charge in [0.1, 0.15) is 11.4 Å². The average molecular weight is 474 g/mol. The average Bonchev–Trinajstić information content (AvgIpc) is 2.93. The number of ether oxygens (including phenoxy) is 2. The first kappa shape index (κ1) is 26.4. The molecule has 0 bridgehead atoms. The van der Waals surface area contributed by atoms with Crippen LogP contribution in [-0.4, -0.2) is 78.5 Å². The van der Waals surface area contributed by atoms with Crippen LogP contribution in [0.15, 0.2) is 18.2 Å². The van der Waals surface area contributed by atoms with Gasteiger partial charge in [-0.15, -0.1) is 0 Å². The number of nitrogens with zero attached hydrogens (tertiary/aromatic N) is 2. The molecule has 2 heterocycles. The van der Waals surface area contributed by atoms with Crippen LogP contribution in [0.2, 0.25) is 0 Å². The number of methoxy groups -OCH3 is 1.